The minimum Gasteiger partial charge on any atom is -0.481 e. The van der Waals surface area contributed by atoms with Crippen LogP contribution in [0.3, 0.4) is 0 Å². The molecular formula is C27H37F2N3O6. The van der Waals surface area contributed by atoms with Gasteiger partial charge in [-0.05, 0) is 57.3 Å². The number of nitrogens with two attached hydrogens (primary N) is 1. The molecule has 0 heterocycles. The Bertz CT molecular complexity index is 1080. The summed E-state index contributed by atoms with van der Waals surface area (Å²) in [5.41, 5.74) is 7.05. The van der Waals surface area contributed by atoms with E-state index in [1.54, 1.807) is 20.0 Å². The van der Waals surface area contributed by atoms with Crippen molar-refractivity contribution in [3.63, 3.8) is 0 Å². The summed E-state index contributed by atoms with van der Waals surface area (Å²) < 4.78 is 33.0. The number of carboxylic acid groups (broad SMARTS) is 1. The summed E-state index contributed by atoms with van der Waals surface area (Å²) in [7, 11) is 1.66. The Morgan fingerprint density at radius 3 is 2.18 bits per heavy atom. The van der Waals surface area contributed by atoms with Crippen LogP contribution < -0.4 is 11.1 Å². The van der Waals surface area contributed by atoms with Crippen molar-refractivity contribution in [1.82, 2.24) is 10.2 Å². The summed E-state index contributed by atoms with van der Waals surface area (Å²) >= 11 is 0. The van der Waals surface area contributed by atoms with Crippen molar-refractivity contribution < 1.29 is 37.8 Å². The van der Waals surface area contributed by atoms with Gasteiger partial charge in [-0.25, -0.2) is 13.6 Å². The van der Waals surface area contributed by atoms with Crippen LogP contribution in [0.1, 0.15) is 59.8 Å². The van der Waals surface area contributed by atoms with E-state index >= 15 is 0 Å². The van der Waals surface area contributed by atoms with Gasteiger partial charge in [0.1, 0.15) is 18.4 Å². The molecule has 38 heavy (non-hydrogen) atoms. The lowest BCUT2D eigenvalue weighted by Gasteiger charge is -2.23. The molecule has 0 aromatic carbocycles. The molecule has 0 aliphatic heterocycles. The highest BCUT2D eigenvalue weighted by Gasteiger charge is 2.76. The third-order valence-corrected chi connectivity index (χ3v) is 6.90. The van der Waals surface area contributed by atoms with Crippen molar-refractivity contribution in [2.24, 2.45) is 17.6 Å². The zero-order chi connectivity index (χ0) is 28.8. The van der Waals surface area contributed by atoms with Gasteiger partial charge in [0.2, 0.25) is 5.91 Å². The second kappa shape index (κ2) is 12.8. The Morgan fingerprint density at radius 1 is 1.08 bits per heavy atom. The molecule has 2 fully saturated rings. The van der Waals surface area contributed by atoms with Crippen molar-refractivity contribution in [3.8, 4) is 0 Å². The Balaban J connectivity index is 2.17. The summed E-state index contributed by atoms with van der Waals surface area (Å²) in [5, 5.41) is 11.3. The number of amides is 2. The van der Waals surface area contributed by atoms with Gasteiger partial charge in [-0.2, -0.15) is 0 Å². The minimum atomic E-state index is -3.63. The molecule has 2 unspecified atom stereocenters. The number of carboxylic acids is 1. The van der Waals surface area contributed by atoms with Gasteiger partial charge < -0.3 is 25.8 Å². The zero-order valence-corrected chi connectivity index (χ0v) is 22.5. The van der Waals surface area contributed by atoms with E-state index in [1.165, 1.54) is 30.9 Å². The van der Waals surface area contributed by atoms with Crippen molar-refractivity contribution in [1.29, 1.82) is 0 Å². The molecule has 0 aromatic heterocycles. The molecule has 2 aliphatic rings. The number of nitrogens with zero attached hydrogens (tertiary/aromatic N) is 1. The lowest BCUT2D eigenvalue weighted by Crippen LogP contribution is -2.36. The summed E-state index contributed by atoms with van der Waals surface area (Å²) in [6, 6.07) is 0.103. The lowest BCUT2D eigenvalue weighted by atomic mass is 10.0. The highest BCUT2D eigenvalue weighted by Crippen LogP contribution is 2.55. The first-order chi connectivity index (χ1) is 17.7. The molecule has 2 saturated carbocycles. The number of rotatable bonds is 11. The predicted octanol–water partition coefficient (Wildman–Crippen LogP) is 4.07. The van der Waals surface area contributed by atoms with Crippen molar-refractivity contribution in [2.75, 3.05) is 13.7 Å². The monoisotopic (exact) mass is 537 g/mol. The SMILES string of the molecule is CC/C=C(C)/C(=C\C=C(/C)C(=O)/C(COC(=O)N(C)C1CCCC1)=C(/C)N)NC(=O)C1C(C(=O)O)C1(F)F. The standard InChI is InChI=1S/C27H37F2N3O6/c1-6-9-15(2)20(31-24(34)21-22(25(35)36)27(21,28)29)13-12-16(3)23(33)19(17(4)30)14-38-26(37)32(5)18-10-7-8-11-18/h9,12-13,18,21-22H,6-8,10-11,14,30H2,1-5H3,(H,31,34)(H,35,36)/b15-9+,16-12+,19-17-,20-13+. The number of aliphatic carboxylic acids is 1. The van der Waals surface area contributed by atoms with Gasteiger partial charge in [0.15, 0.2) is 5.78 Å². The third-order valence-electron chi connectivity index (χ3n) is 6.90. The molecule has 210 valence electrons. The molecule has 4 N–H and O–H groups in total. The molecule has 0 aromatic rings. The van der Waals surface area contributed by atoms with E-state index in [2.05, 4.69) is 5.32 Å². The largest absolute Gasteiger partial charge is 0.481 e. The molecule has 2 amide bonds. The van der Waals surface area contributed by atoms with Crippen LogP contribution in [0.25, 0.3) is 0 Å². The Labute approximate surface area is 221 Å². The number of carbonyl (C=O) groups is 4. The normalized spacial score (nSPS) is 22.4. The fourth-order valence-electron chi connectivity index (χ4n) is 4.42. The summed E-state index contributed by atoms with van der Waals surface area (Å²) in [5.74, 6) is -11.0. The number of ketones is 1. The van der Waals surface area contributed by atoms with Crippen LogP contribution in [0.5, 0.6) is 0 Å². The zero-order valence-electron chi connectivity index (χ0n) is 22.5. The Hall–Kier alpha value is -3.50. The van der Waals surface area contributed by atoms with Gasteiger partial charge in [0.05, 0.1) is 5.57 Å². The van der Waals surface area contributed by atoms with Crippen LogP contribution in [0.4, 0.5) is 13.6 Å². The average Bonchev–Trinajstić information content (AvgIpc) is 3.16. The second-order valence-corrected chi connectivity index (χ2v) is 9.78. The van der Waals surface area contributed by atoms with Crippen molar-refractivity contribution in [2.45, 2.75) is 71.8 Å². The van der Waals surface area contributed by atoms with Gasteiger partial charge >= 0.3 is 12.1 Å². The topological polar surface area (TPSA) is 139 Å². The van der Waals surface area contributed by atoms with E-state index in [0.29, 0.717) is 12.0 Å². The first-order valence-electron chi connectivity index (χ1n) is 12.6. The summed E-state index contributed by atoms with van der Waals surface area (Å²) in [4.78, 5) is 50.5. The van der Waals surface area contributed by atoms with Gasteiger partial charge in [-0.15, -0.1) is 0 Å². The quantitative estimate of drug-likeness (QED) is 0.267. The van der Waals surface area contributed by atoms with Crippen molar-refractivity contribution in [3.05, 3.63) is 46.3 Å². The van der Waals surface area contributed by atoms with Crippen LogP contribution in [0, 0.1) is 11.8 Å². The molecule has 0 saturated heterocycles. The van der Waals surface area contributed by atoms with E-state index < -0.39 is 41.5 Å². The van der Waals surface area contributed by atoms with Crippen LogP contribution in [0.2, 0.25) is 0 Å². The van der Waals surface area contributed by atoms with E-state index in [9.17, 15) is 28.0 Å². The number of hydrogen-bond donors (Lipinski definition) is 3. The molecule has 0 radical (unpaired) electrons. The van der Waals surface area contributed by atoms with Gasteiger partial charge in [-0.1, -0.05) is 31.9 Å². The van der Waals surface area contributed by atoms with Gasteiger partial charge in [0.25, 0.3) is 5.92 Å². The summed E-state index contributed by atoms with van der Waals surface area (Å²) in [6.45, 7) is 6.19. The van der Waals surface area contributed by atoms with Crippen molar-refractivity contribution >= 4 is 23.8 Å². The minimum absolute atomic E-state index is 0.0913. The number of alkyl halides is 2. The predicted molar refractivity (Wildman–Crippen MR) is 137 cm³/mol. The highest BCUT2D eigenvalue weighted by molar-refractivity contribution is 6.08. The Morgan fingerprint density at radius 2 is 1.68 bits per heavy atom. The average molecular weight is 538 g/mol. The van der Waals surface area contributed by atoms with E-state index in [0.717, 1.165) is 25.7 Å². The molecule has 9 nitrogen and oxygen atoms in total. The van der Waals surface area contributed by atoms with Crippen LogP contribution in [0.15, 0.2) is 46.3 Å². The fraction of sp³-hybridized carbons (Fsp3) is 0.556. The molecule has 2 atom stereocenters. The van der Waals surface area contributed by atoms with Gasteiger partial charge in [0, 0.05) is 24.5 Å². The Kier molecular flexibility index (Phi) is 10.4. The molecule has 0 bridgehead atoms. The maximum absolute atomic E-state index is 13.8. The van der Waals surface area contributed by atoms with Crippen LogP contribution in [-0.2, 0) is 19.1 Å². The maximum atomic E-state index is 13.8. The highest BCUT2D eigenvalue weighted by atomic mass is 19.3. The smallest absolute Gasteiger partial charge is 0.410 e. The van der Waals surface area contributed by atoms with E-state index in [-0.39, 0.29) is 35.2 Å². The molecule has 2 rings (SSSR count). The fourth-order valence-corrected chi connectivity index (χ4v) is 4.42. The number of ether oxygens (including phenoxy) is 1. The first-order valence-corrected chi connectivity index (χ1v) is 12.6. The molecular weight excluding hydrogens is 500 g/mol. The van der Waals surface area contributed by atoms with E-state index in [1.807, 2.05) is 6.92 Å². The van der Waals surface area contributed by atoms with E-state index in [4.69, 9.17) is 15.6 Å². The number of hydrogen-bond acceptors (Lipinski definition) is 6. The first kappa shape index (κ1) is 30.7. The third kappa shape index (κ3) is 7.29. The summed E-state index contributed by atoms with van der Waals surface area (Å²) in [6.07, 6.45) is 8.44. The lowest BCUT2D eigenvalue weighted by molar-refractivity contribution is -0.141. The van der Waals surface area contributed by atoms with Crippen LogP contribution in [-0.4, -0.2) is 59.4 Å². The number of allylic oxidation sites excluding steroid dienone is 6. The van der Waals surface area contributed by atoms with Crippen LogP contribution >= 0.6 is 0 Å². The molecule has 2 aliphatic carbocycles. The van der Waals surface area contributed by atoms with Gasteiger partial charge in [-0.3, -0.25) is 14.4 Å². The number of carbonyl (C=O) groups excluding carboxylic acids is 3. The molecule has 11 heteroatoms. The number of Topliss-reactive ketones (excluding diaryl/α,β-unsaturated/α-hetero) is 1. The maximum Gasteiger partial charge on any atom is 0.410 e. The second-order valence-electron chi connectivity index (χ2n) is 9.78. The number of halogens is 2. The number of nitrogens with one attached hydrogen (secondary N) is 1. The molecule has 0 spiro atoms.